The van der Waals surface area contributed by atoms with Crippen molar-refractivity contribution in [1.29, 1.82) is 0 Å². The number of rotatable bonds is 12. The lowest BCUT2D eigenvalue weighted by Crippen LogP contribution is -1.79. The highest BCUT2D eigenvalue weighted by molar-refractivity contribution is 4.98. The van der Waals surface area contributed by atoms with Crippen LogP contribution in [-0.2, 0) is 0 Å². The van der Waals surface area contributed by atoms with Crippen molar-refractivity contribution in [3.05, 3.63) is 6.42 Å². The fraction of sp³-hybridized carbons (Fsp3) is 0.833. The van der Waals surface area contributed by atoms with Gasteiger partial charge in [-0.15, -0.1) is 11.8 Å². The van der Waals surface area contributed by atoms with E-state index < -0.39 is 0 Å². The Hall–Kier alpha value is -0.440. The smallest absolute Gasteiger partial charge is 0.00886 e. The van der Waals surface area contributed by atoms with E-state index in [1.165, 1.54) is 70.6 Å². The topological polar surface area (TPSA) is 0 Å². The molecule has 18 heavy (non-hydrogen) atoms. The van der Waals surface area contributed by atoms with Crippen molar-refractivity contribution in [2.45, 2.75) is 97.3 Å². The Balaban J connectivity index is 3.05. The van der Waals surface area contributed by atoms with Crippen LogP contribution in [0.4, 0.5) is 0 Å². The van der Waals surface area contributed by atoms with Crippen LogP contribution in [0.3, 0.4) is 0 Å². The molecule has 105 valence electrons. The van der Waals surface area contributed by atoms with Gasteiger partial charge in [-0.1, -0.05) is 71.6 Å². The average Bonchev–Trinajstić information content (AvgIpc) is 2.39. The minimum absolute atomic E-state index is 1.12. The van der Waals surface area contributed by atoms with E-state index >= 15 is 0 Å². The maximum Gasteiger partial charge on any atom is 0.00886 e. The van der Waals surface area contributed by atoms with E-state index in [1.807, 2.05) is 0 Å². The first kappa shape index (κ1) is 17.6. The zero-order valence-electron chi connectivity index (χ0n) is 12.8. The van der Waals surface area contributed by atoms with E-state index in [2.05, 4.69) is 32.1 Å². The summed E-state index contributed by atoms with van der Waals surface area (Å²) >= 11 is 0. The Bertz CT molecular complexity index is 174. The van der Waals surface area contributed by atoms with E-state index in [0.29, 0.717) is 0 Å². The molecule has 0 heteroatoms. The standard InChI is InChI=1S/C18H33/c1-3-5-7-9-11-13-15-17-18-16-14-12-10-8-6-4-2/h3H,4-16H2,1-2H3. The average molecular weight is 249 g/mol. The molecule has 0 fully saturated rings. The normalized spacial score (nSPS) is 10.1. The first-order chi connectivity index (χ1) is 8.91. The molecule has 0 atom stereocenters. The number of hydrogen-bond acceptors (Lipinski definition) is 0. The molecule has 1 radical (unpaired) electrons. The number of unbranched alkanes of at least 4 members (excludes halogenated alkanes) is 12. The Morgan fingerprint density at radius 2 is 1.17 bits per heavy atom. The summed E-state index contributed by atoms with van der Waals surface area (Å²) in [4.78, 5) is 0. The summed E-state index contributed by atoms with van der Waals surface area (Å²) in [6, 6.07) is 0. The maximum absolute atomic E-state index is 3.32. The van der Waals surface area contributed by atoms with Gasteiger partial charge in [0.05, 0.1) is 0 Å². The molecule has 0 rings (SSSR count). The molecule has 0 spiro atoms. The van der Waals surface area contributed by atoms with Gasteiger partial charge in [0.25, 0.3) is 0 Å². The van der Waals surface area contributed by atoms with Crippen LogP contribution in [0.15, 0.2) is 0 Å². The van der Waals surface area contributed by atoms with Crippen molar-refractivity contribution in [2.75, 3.05) is 0 Å². The zero-order chi connectivity index (χ0) is 13.3. The molecule has 0 saturated heterocycles. The molecule has 0 heterocycles. The highest BCUT2D eigenvalue weighted by atomic mass is 13.9. The second-order valence-electron chi connectivity index (χ2n) is 5.23. The predicted octanol–water partition coefficient (Wildman–Crippen LogP) is 6.31. The van der Waals surface area contributed by atoms with Crippen molar-refractivity contribution >= 4 is 0 Å². The van der Waals surface area contributed by atoms with Crippen LogP contribution in [0, 0.1) is 18.3 Å². The summed E-state index contributed by atoms with van der Waals surface area (Å²) in [7, 11) is 0. The van der Waals surface area contributed by atoms with Gasteiger partial charge in [-0.25, -0.2) is 0 Å². The third-order valence-corrected chi connectivity index (χ3v) is 3.32. The van der Waals surface area contributed by atoms with Gasteiger partial charge in [-0.3, -0.25) is 0 Å². The summed E-state index contributed by atoms with van der Waals surface area (Å²) < 4.78 is 0. The zero-order valence-corrected chi connectivity index (χ0v) is 12.8. The van der Waals surface area contributed by atoms with Gasteiger partial charge >= 0.3 is 0 Å². The molecule has 0 aliphatic carbocycles. The summed E-state index contributed by atoms with van der Waals surface area (Å²) in [5, 5.41) is 0. The fourth-order valence-electron chi connectivity index (χ4n) is 2.09. The Morgan fingerprint density at radius 1 is 0.667 bits per heavy atom. The largest absolute Gasteiger partial charge is 0.103 e. The van der Waals surface area contributed by atoms with Crippen molar-refractivity contribution < 1.29 is 0 Å². The molecule has 0 aromatic rings. The van der Waals surface area contributed by atoms with Crippen molar-refractivity contribution in [3.8, 4) is 11.8 Å². The molecule has 0 N–H and O–H groups in total. The molecule has 0 aromatic carbocycles. The van der Waals surface area contributed by atoms with Crippen LogP contribution in [0.5, 0.6) is 0 Å². The molecule has 0 aromatic heterocycles. The first-order valence-electron chi connectivity index (χ1n) is 8.15. The van der Waals surface area contributed by atoms with Crippen molar-refractivity contribution in [1.82, 2.24) is 0 Å². The fourth-order valence-corrected chi connectivity index (χ4v) is 2.09. The van der Waals surface area contributed by atoms with Crippen molar-refractivity contribution in [2.24, 2.45) is 0 Å². The Kier molecular flexibility index (Phi) is 16.2. The van der Waals surface area contributed by atoms with Crippen LogP contribution < -0.4 is 0 Å². The van der Waals surface area contributed by atoms with Gasteiger partial charge in [0, 0.05) is 12.8 Å². The summed E-state index contributed by atoms with van der Waals surface area (Å²) in [5.41, 5.74) is 0. The molecule has 0 aliphatic rings. The monoisotopic (exact) mass is 249 g/mol. The summed E-state index contributed by atoms with van der Waals surface area (Å²) in [6.07, 6.45) is 19.4. The second kappa shape index (κ2) is 16.6. The van der Waals surface area contributed by atoms with Gasteiger partial charge in [-0.05, 0) is 19.3 Å². The number of hydrogen-bond donors (Lipinski definition) is 0. The van der Waals surface area contributed by atoms with Crippen LogP contribution >= 0.6 is 0 Å². The molecular weight excluding hydrogens is 216 g/mol. The van der Waals surface area contributed by atoms with Gasteiger partial charge in [0.2, 0.25) is 0 Å². The third-order valence-electron chi connectivity index (χ3n) is 3.32. The van der Waals surface area contributed by atoms with Crippen LogP contribution in [-0.4, -0.2) is 0 Å². The van der Waals surface area contributed by atoms with Gasteiger partial charge in [0.1, 0.15) is 0 Å². The molecular formula is C18H33. The molecule has 0 unspecified atom stereocenters. The van der Waals surface area contributed by atoms with E-state index in [0.717, 1.165) is 12.8 Å². The van der Waals surface area contributed by atoms with Crippen LogP contribution in [0.25, 0.3) is 0 Å². The summed E-state index contributed by atoms with van der Waals surface area (Å²) in [6.45, 7) is 4.42. The van der Waals surface area contributed by atoms with E-state index in [4.69, 9.17) is 0 Å². The SMILES string of the molecule is C[CH]CCCCCCC#CCCCCCCCC. The van der Waals surface area contributed by atoms with Gasteiger partial charge < -0.3 is 0 Å². The first-order valence-corrected chi connectivity index (χ1v) is 8.15. The molecule has 0 nitrogen and oxygen atoms in total. The quantitative estimate of drug-likeness (QED) is 0.281. The van der Waals surface area contributed by atoms with Crippen LogP contribution in [0.1, 0.15) is 97.3 Å². The predicted molar refractivity (Wildman–Crippen MR) is 83.4 cm³/mol. The van der Waals surface area contributed by atoms with Gasteiger partial charge in [0.15, 0.2) is 0 Å². The lowest BCUT2D eigenvalue weighted by Gasteiger charge is -1.97. The lowest BCUT2D eigenvalue weighted by atomic mass is 10.1. The van der Waals surface area contributed by atoms with Gasteiger partial charge in [-0.2, -0.15) is 0 Å². The van der Waals surface area contributed by atoms with E-state index in [-0.39, 0.29) is 0 Å². The van der Waals surface area contributed by atoms with E-state index in [1.54, 1.807) is 0 Å². The van der Waals surface area contributed by atoms with Crippen molar-refractivity contribution in [3.63, 3.8) is 0 Å². The molecule has 0 amide bonds. The lowest BCUT2D eigenvalue weighted by molar-refractivity contribution is 0.613. The third kappa shape index (κ3) is 15.6. The second-order valence-corrected chi connectivity index (χ2v) is 5.23. The minimum Gasteiger partial charge on any atom is -0.103 e. The summed E-state index contributed by atoms with van der Waals surface area (Å²) in [5.74, 6) is 6.64. The highest BCUT2D eigenvalue weighted by Crippen LogP contribution is 2.07. The van der Waals surface area contributed by atoms with Crippen LogP contribution in [0.2, 0.25) is 0 Å². The molecule has 0 bridgehead atoms. The molecule has 0 aliphatic heterocycles. The Labute approximate surface area is 116 Å². The maximum atomic E-state index is 3.32. The highest BCUT2D eigenvalue weighted by Gasteiger charge is 1.89. The van der Waals surface area contributed by atoms with E-state index in [9.17, 15) is 0 Å². The minimum atomic E-state index is 1.12. The Morgan fingerprint density at radius 3 is 1.72 bits per heavy atom. The molecule has 0 saturated carbocycles.